The molecule has 0 aromatic rings. The minimum Gasteiger partial charge on any atom is -0.511 e. The SMILES string of the molecule is CCCC(=O)C1=C(O)C(C(=O)OC)C(C)(C)CC1=N. The van der Waals surface area contributed by atoms with Crippen molar-refractivity contribution in [2.45, 2.75) is 40.0 Å². The highest BCUT2D eigenvalue weighted by Gasteiger charge is 2.46. The van der Waals surface area contributed by atoms with E-state index in [0.29, 0.717) is 6.42 Å². The second-order valence-corrected chi connectivity index (χ2v) is 5.53. The van der Waals surface area contributed by atoms with Gasteiger partial charge in [0, 0.05) is 12.1 Å². The van der Waals surface area contributed by atoms with E-state index in [4.69, 9.17) is 10.1 Å². The van der Waals surface area contributed by atoms with Gasteiger partial charge in [-0.1, -0.05) is 20.8 Å². The van der Waals surface area contributed by atoms with Crippen LogP contribution in [0.1, 0.15) is 40.0 Å². The number of ketones is 1. The van der Waals surface area contributed by atoms with Gasteiger partial charge in [0.15, 0.2) is 5.78 Å². The highest BCUT2D eigenvalue weighted by molar-refractivity contribution is 6.22. The summed E-state index contributed by atoms with van der Waals surface area (Å²) in [5.41, 5.74) is -0.540. The van der Waals surface area contributed by atoms with E-state index in [0.717, 1.165) is 0 Å². The molecule has 0 radical (unpaired) electrons. The predicted molar refractivity (Wildman–Crippen MR) is 71.2 cm³/mol. The highest BCUT2D eigenvalue weighted by Crippen LogP contribution is 2.42. The molecule has 0 amide bonds. The topological polar surface area (TPSA) is 87.4 Å². The Bertz CT molecular complexity index is 448. The highest BCUT2D eigenvalue weighted by atomic mass is 16.5. The first-order chi connectivity index (χ1) is 8.76. The summed E-state index contributed by atoms with van der Waals surface area (Å²) in [7, 11) is 1.25. The number of hydrogen-bond donors (Lipinski definition) is 2. The van der Waals surface area contributed by atoms with E-state index in [-0.39, 0.29) is 35.7 Å². The monoisotopic (exact) mass is 267 g/mol. The van der Waals surface area contributed by atoms with Crippen molar-refractivity contribution in [3.05, 3.63) is 11.3 Å². The number of aliphatic hydroxyl groups excluding tert-OH is 1. The van der Waals surface area contributed by atoms with Crippen LogP contribution in [-0.4, -0.2) is 29.7 Å². The molecule has 0 spiro atoms. The molecule has 5 heteroatoms. The maximum absolute atomic E-state index is 12.0. The Kier molecular flexibility index (Phi) is 4.50. The number of aliphatic hydroxyl groups is 1. The molecule has 106 valence electrons. The minimum absolute atomic E-state index is 0.00317. The van der Waals surface area contributed by atoms with Gasteiger partial charge in [-0.3, -0.25) is 9.59 Å². The fourth-order valence-electron chi connectivity index (χ4n) is 2.53. The van der Waals surface area contributed by atoms with Crippen molar-refractivity contribution < 1.29 is 19.4 Å². The van der Waals surface area contributed by atoms with Gasteiger partial charge >= 0.3 is 5.97 Å². The Morgan fingerprint density at radius 3 is 2.53 bits per heavy atom. The Labute approximate surface area is 113 Å². The average Bonchev–Trinajstić information content (AvgIpc) is 2.26. The fraction of sp³-hybridized carbons (Fsp3) is 0.643. The second-order valence-electron chi connectivity index (χ2n) is 5.53. The van der Waals surface area contributed by atoms with Crippen LogP contribution in [0, 0.1) is 16.7 Å². The molecule has 0 bridgehead atoms. The molecule has 0 heterocycles. The molecule has 2 N–H and O–H groups in total. The summed E-state index contributed by atoms with van der Waals surface area (Å²) < 4.78 is 4.70. The van der Waals surface area contributed by atoms with E-state index in [1.165, 1.54) is 7.11 Å². The molecule has 0 aliphatic heterocycles. The Morgan fingerprint density at radius 1 is 1.47 bits per heavy atom. The summed E-state index contributed by atoms with van der Waals surface area (Å²) in [4.78, 5) is 23.8. The van der Waals surface area contributed by atoms with E-state index < -0.39 is 17.3 Å². The molecule has 1 aliphatic carbocycles. The van der Waals surface area contributed by atoms with Crippen molar-refractivity contribution in [1.29, 1.82) is 5.41 Å². The Hall–Kier alpha value is -1.65. The lowest BCUT2D eigenvalue weighted by Crippen LogP contribution is -2.41. The van der Waals surface area contributed by atoms with Crippen molar-refractivity contribution in [3.8, 4) is 0 Å². The van der Waals surface area contributed by atoms with E-state index in [1.54, 1.807) is 13.8 Å². The predicted octanol–water partition coefficient (Wildman–Crippen LogP) is 2.41. The molecule has 0 aromatic carbocycles. The number of carbonyl (C=O) groups is 2. The molecular weight excluding hydrogens is 246 g/mol. The van der Waals surface area contributed by atoms with Gasteiger partial charge in [-0.15, -0.1) is 0 Å². The van der Waals surface area contributed by atoms with Crippen LogP contribution < -0.4 is 0 Å². The molecule has 0 fully saturated rings. The van der Waals surface area contributed by atoms with Crippen LogP contribution in [0.4, 0.5) is 0 Å². The maximum Gasteiger partial charge on any atom is 0.316 e. The molecule has 5 nitrogen and oxygen atoms in total. The molecule has 0 saturated carbocycles. The lowest BCUT2D eigenvalue weighted by atomic mass is 9.67. The van der Waals surface area contributed by atoms with Crippen LogP contribution in [-0.2, 0) is 14.3 Å². The summed E-state index contributed by atoms with van der Waals surface area (Å²) in [5.74, 6) is -2.06. The minimum atomic E-state index is -0.887. The smallest absolute Gasteiger partial charge is 0.316 e. The van der Waals surface area contributed by atoms with Gasteiger partial charge in [-0.25, -0.2) is 0 Å². The number of Topliss-reactive ketones (excluding diaryl/α,β-unsaturated/α-hetero) is 1. The Balaban J connectivity index is 3.31. The van der Waals surface area contributed by atoms with E-state index in [1.807, 2.05) is 6.92 Å². The van der Waals surface area contributed by atoms with E-state index >= 15 is 0 Å². The lowest BCUT2D eigenvalue weighted by Gasteiger charge is -2.37. The first kappa shape index (κ1) is 15.4. The van der Waals surface area contributed by atoms with Crippen LogP contribution in [0.3, 0.4) is 0 Å². The number of allylic oxidation sites excluding steroid dienone is 1. The first-order valence-electron chi connectivity index (χ1n) is 6.38. The number of rotatable bonds is 4. The van der Waals surface area contributed by atoms with Crippen LogP contribution in [0.2, 0.25) is 0 Å². The molecule has 1 unspecified atom stereocenters. The maximum atomic E-state index is 12.0. The third-order valence-electron chi connectivity index (χ3n) is 3.44. The third kappa shape index (κ3) is 2.85. The molecule has 1 aliphatic rings. The molecule has 0 aromatic heterocycles. The first-order valence-corrected chi connectivity index (χ1v) is 6.38. The molecular formula is C14H21NO4. The third-order valence-corrected chi connectivity index (χ3v) is 3.44. The fourth-order valence-corrected chi connectivity index (χ4v) is 2.53. The van der Waals surface area contributed by atoms with Gasteiger partial charge in [0.1, 0.15) is 11.7 Å². The zero-order chi connectivity index (χ0) is 14.8. The van der Waals surface area contributed by atoms with Crippen LogP contribution in [0.15, 0.2) is 11.3 Å². The van der Waals surface area contributed by atoms with Gasteiger partial charge in [-0.05, 0) is 18.3 Å². The lowest BCUT2D eigenvalue weighted by molar-refractivity contribution is -0.149. The summed E-state index contributed by atoms with van der Waals surface area (Å²) in [6, 6.07) is 0. The summed E-state index contributed by atoms with van der Waals surface area (Å²) >= 11 is 0. The van der Waals surface area contributed by atoms with Gasteiger partial charge in [0.2, 0.25) is 0 Å². The normalized spacial score (nSPS) is 22.3. The van der Waals surface area contributed by atoms with Gasteiger partial charge in [0.05, 0.1) is 12.7 Å². The van der Waals surface area contributed by atoms with Crippen molar-refractivity contribution in [3.63, 3.8) is 0 Å². The number of carbonyl (C=O) groups excluding carboxylic acids is 2. The number of esters is 1. The quantitative estimate of drug-likeness (QED) is 0.766. The van der Waals surface area contributed by atoms with Crippen molar-refractivity contribution in [2.75, 3.05) is 7.11 Å². The number of hydrogen-bond acceptors (Lipinski definition) is 5. The summed E-state index contributed by atoms with van der Waals surface area (Å²) in [5, 5.41) is 18.2. The van der Waals surface area contributed by atoms with E-state index in [2.05, 4.69) is 0 Å². The summed E-state index contributed by atoms with van der Waals surface area (Å²) in [6.45, 7) is 5.41. The van der Waals surface area contributed by atoms with Crippen molar-refractivity contribution in [2.24, 2.45) is 11.3 Å². The van der Waals surface area contributed by atoms with Crippen LogP contribution in [0.5, 0.6) is 0 Å². The molecule has 19 heavy (non-hydrogen) atoms. The van der Waals surface area contributed by atoms with Crippen LogP contribution >= 0.6 is 0 Å². The number of nitrogens with one attached hydrogen (secondary N) is 1. The van der Waals surface area contributed by atoms with Crippen LogP contribution in [0.25, 0.3) is 0 Å². The second kappa shape index (κ2) is 5.55. The molecule has 1 atom stereocenters. The number of methoxy groups -OCH3 is 1. The van der Waals surface area contributed by atoms with Gasteiger partial charge in [-0.2, -0.15) is 0 Å². The largest absolute Gasteiger partial charge is 0.511 e. The van der Waals surface area contributed by atoms with E-state index in [9.17, 15) is 14.7 Å². The zero-order valence-corrected chi connectivity index (χ0v) is 11.9. The Morgan fingerprint density at radius 2 is 2.05 bits per heavy atom. The van der Waals surface area contributed by atoms with Gasteiger partial charge in [0.25, 0.3) is 0 Å². The zero-order valence-electron chi connectivity index (χ0n) is 11.9. The van der Waals surface area contributed by atoms with Crippen molar-refractivity contribution in [1.82, 2.24) is 0 Å². The van der Waals surface area contributed by atoms with Gasteiger partial charge < -0.3 is 15.3 Å². The summed E-state index contributed by atoms with van der Waals surface area (Å²) in [6.07, 6.45) is 1.16. The molecule has 1 rings (SSSR count). The number of ether oxygens (including phenoxy) is 1. The average molecular weight is 267 g/mol. The molecule has 0 saturated heterocycles. The van der Waals surface area contributed by atoms with Crippen molar-refractivity contribution >= 4 is 17.5 Å². The standard InChI is InChI=1S/C14H21NO4/c1-5-6-9(16)10-8(15)7-14(2,3)11(12(10)17)13(18)19-4/h11,15,17H,5-7H2,1-4H3.